The fourth-order valence-corrected chi connectivity index (χ4v) is 4.30. The molecule has 1 saturated carbocycles. The molecule has 0 saturated heterocycles. The molecule has 2 atom stereocenters. The molecule has 0 spiro atoms. The number of guanidine groups is 1. The van der Waals surface area contributed by atoms with E-state index in [9.17, 15) is 0 Å². The molecule has 2 aromatic heterocycles. The summed E-state index contributed by atoms with van der Waals surface area (Å²) in [5, 5.41) is 9.67. The van der Waals surface area contributed by atoms with Crippen molar-refractivity contribution in [3.63, 3.8) is 0 Å². The Morgan fingerprint density at radius 2 is 2.42 bits per heavy atom. The average Bonchev–Trinajstić information content (AvgIpc) is 3.33. The molecule has 0 aliphatic heterocycles. The van der Waals surface area contributed by atoms with Crippen LogP contribution in [0.2, 0.25) is 0 Å². The van der Waals surface area contributed by atoms with Crippen molar-refractivity contribution >= 4 is 29.1 Å². The molecule has 0 radical (unpaired) electrons. The summed E-state index contributed by atoms with van der Waals surface area (Å²) in [4.78, 5) is 10.2. The van der Waals surface area contributed by atoms with Crippen LogP contribution in [0.25, 0.3) is 10.8 Å². The van der Waals surface area contributed by atoms with Crippen LogP contribution in [0.4, 0.5) is 0 Å². The summed E-state index contributed by atoms with van der Waals surface area (Å²) in [6, 6.07) is 4.52. The number of aromatic nitrogens is 1. The minimum absolute atomic E-state index is 0.513. The van der Waals surface area contributed by atoms with E-state index in [4.69, 9.17) is 4.42 Å². The van der Waals surface area contributed by atoms with E-state index in [0.29, 0.717) is 18.5 Å². The third-order valence-electron chi connectivity index (χ3n) is 4.09. The van der Waals surface area contributed by atoms with Gasteiger partial charge in [-0.1, -0.05) is 6.07 Å². The Labute approximate surface area is 151 Å². The number of nitrogens with one attached hydrogen (secondary N) is 2. The van der Waals surface area contributed by atoms with Gasteiger partial charge in [0, 0.05) is 17.8 Å². The minimum atomic E-state index is 0.513. The molecule has 2 N–H and O–H groups in total. The molecule has 0 aromatic carbocycles. The van der Waals surface area contributed by atoms with Gasteiger partial charge in [0.1, 0.15) is 12.0 Å². The maximum absolute atomic E-state index is 5.55. The lowest BCUT2D eigenvalue weighted by Crippen LogP contribution is -2.42. The molecule has 130 valence electrons. The Bertz CT molecular complexity index is 653. The highest BCUT2D eigenvalue weighted by Gasteiger charge is 2.24. The smallest absolute Gasteiger partial charge is 0.236 e. The highest BCUT2D eigenvalue weighted by atomic mass is 32.2. The van der Waals surface area contributed by atoms with Crippen molar-refractivity contribution in [1.29, 1.82) is 0 Å². The van der Waals surface area contributed by atoms with Crippen LogP contribution in [-0.2, 0) is 6.54 Å². The fraction of sp³-hybridized carbons (Fsp3) is 0.529. The van der Waals surface area contributed by atoms with Crippen molar-refractivity contribution in [1.82, 2.24) is 15.6 Å². The minimum Gasteiger partial charge on any atom is -0.443 e. The van der Waals surface area contributed by atoms with E-state index >= 15 is 0 Å². The topological polar surface area (TPSA) is 62.5 Å². The molecule has 3 rings (SSSR count). The number of hydrogen-bond acceptors (Lipinski definition) is 5. The van der Waals surface area contributed by atoms with Gasteiger partial charge in [0.2, 0.25) is 5.89 Å². The van der Waals surface area contributed by atoms with Crippen molar-refractivity contribution < 1.29 is 4.42 Å². The second-order valence-electron chi connectivity index (χ2n) is 5.83. The van der Waals surface area contributed by atoms with Gasteiger partial charge in [0.25, 0.3) is 0 Å². The number of oxazole rings is 1. The Kier molecular flexibility index (Phi) is 6.20. The second kappa shape index (κ2) is 8.58. The summed E-state index contributed by atoms with van der Waals surface area (Å²) in [6.45, 7) is 3.45. The molecule has 1 aliphatic carbocycles. The lowest BCUT2D eigenvalue weighted by molar-refractivity contribution is 0.574. The molecule has 2 aromatic rings. The Morgan fingerprint density at radius 1 is 1.50 bits per heavy atom. The van der Waals surface area contributed by atoms with Crippen molar-refractivity contribution in [2.45, 2.75) is 44.0 Å². The largest absolute Gasteiger partial charge is 0.443 e. The van der Waals surface area contributed by atoms with Crippen molar-refractivity contribution in [3.8, 4) is 10.8 Å². The highest BCUT2D eigenvalue weighted by Crippen LogP contribution is 2.28. The van der Waals surface area contributed by atoms with Gasteiger partial charge in [-0.15, -0.1) is 11.3 Å². The van der Waals surface area contributed by atoms with Gasteiger partial charge in [-0.3, -0.25) is 0 Å². The van der Waals surface area contributed by atoms with Crippen LogP contribution in [0, 0.1) is 0 Å². The van der Waals surface area contributed by atoms with Crippen molar-refractivity contribution in [2.24, 2.45) is 4.99 Å². The lowest BCUT2D eigenvalue weighted by Gasteiger charge is -2.17. The molecule has 7 heteroatoms. The maximum Gasteiger partial charge on any atom is 0.236 e. The number of rotatable bonds is 6. The first-order chi connectivity index (χ1) is 11.8. The number of thiophene rings is 1. The zero-order valence-electron chi connectivity index (χ0n) is 14.1. The molecule has 0 amide bonds. The van der Waals surface area contributed by atoms with Crippen molar-refractivity contribution in [3.05, 3.63) is 29.5 Å². The first-order valence-corrected chi connectivity index (χ1v) is 10.5. The SMILES string of the molecule is CCNC(=NCc1coc(-c2cccs2)n1)NC1CCC(SC)C1. The standard InChI is InChI=1S/C17H24N4OS2/c1-3-18-17(21-12-6-7-14(9-12)23-2)19-10-13-11-22-16(20-13)15-5-4-8-24-15/h4-5,8,11-12,14H,3,6-7,9-10H2,1-2H3,(H2,18,19,21). The number of hydrogen-bond donors (Lipinski definition) is 2. The third-order valence-corrected chi connectivity index (χ3v) is 6.04. The molecule has 5 nitrogen and oxygen atoms in total. The van der Waals surface area contributed by atoms with Crippen molar-refractivity contribution in [2.75, 3.05) is 12.8 Å². The molecule has 1 aliphatic rings. The van der Waals surface area contributed by atoms with Crippen LogP contribution in [0.15, 0.2) is 33.2 Å². The number of aliphatic imine (C=N–C) groups is 1. The van der Waals surface area contributed by atoms with Gasteiger partial charge < -0.3 is 15.1 Å². The molecule has 24 heavy (non-hydrogen) atoms. The van der Waals surface area contributed by atoms with Crippen LogP contribution in [-0.4, -0.2) is 35.0 Å². The molecule has 1 fully saturated rings. The van der Waals surface area contributed by atoms with E-state index in [0.717, 1.165) is 28.3 Å². The van der Waals surface area contributed by atoms with Crippen LogP contribution in [0.3, 0.4) is 0 Å². The Hall–Kier alpha value is -1.47. The third kappa shape index (κ3) is 4.54. The molecule has 2 heterocycles. The highest BCUT2D eigenvalue weighted by molar-refractivity contribution is 7.99. The van der Waals surface area contributed by atoms with E-state index in [1.165, 1.54) is 19.3 Å². The van der Waals surface area contributed by atoms with E-state index in [1.807, 2.05) is 29.3 Å². The summed E-state index contributed by atoms with van der Waals surface area (Å²) in [6.07, 6.45) is 7.59. The van der Waals surface area contributed by atoms with Crippen LogP contribution in [0.1, 0.15) is 31.9 Å². The van der Waals surface area contributed by atoms with Gasteiger partial charge in [-0.05, 0) is 43.9 Å². The summed E-state index contributed by atoms with van der Waals surface area (Å²) in [5.74, 6) is 1.54. The average molecular weight is 365 g/mol. The predicted molar refractivity (Wildman–Crippen MR) is 103 cm³/mol. The Balaban J connectivity index is 1.59. The first-order valence-electron chi connectivity index (χ1n) is 8.34. The van der Waals surface area contributed by atoms with Gasteiger partial charge in [-0.2, -0.15) is 11.8 Å². The van der Waals surface area contributed by atoms with Crippen LogP contribution >= 0.6 is 23.1 Å². The zero-order valence-corrected chi connectivity index (χ0v) is 15.8. The fourth-order valence-electron chi connectivity index (χ4n) is 2.85. The summed E-state index contributed by atoms with van der Waals surface area (Å²) in [5.41, 5.74) is 0.851. The summed E-state index contributed by atoms with van der Waals surface area (Å²) >= 11 is 3.59. The Morgan fingerprint density at radius 3 is 3.12 bits per heavy atom. The van der Waals surface area contributed by atoms with Gasteiger partial charge in [-0.25, -0.2) is 9.98 Å². The van der Waals surface area contributed by atoms with E-state index in [2.05, 4.69) is 33.8 Å². The van der Waals surface area contributed by atoms with Crippen LogP contribution in [0.5, 0.6) is 0 Å². The number of thioether (sulfide) groups is 1. The van der Waals surface area contributed by atoms with Gasteiger partial charge >= 0.3 is 0 Å². The van der Waals surface area contributed by atoms with Gasteiger partial charge in [0.05, 0.1) is 11.4 Å². The molecular weight excluding hydrogens is 340 g/mol. The molecular formula is C17H24N4OS2. The summed E-state index contributed by atoms with van der Waals surface area (Å²) < 4.78 is 5.55. The monoisotopic (exact) mass is 364 g/mol. The quantitative estimate of drug-likeness (QED) is 0.604. The molecule has 2 unspecified atom stereocenters. The van der Waals surface area contributed by atoms with Gasteiger partial charge in [0.15, 0.2) is 5.96 Å². The predicted octanol–water partition coefficient (Wildman–Crippen LogP) is 3.74. The van der Waals surface area contributed by atoms with E-state index in [-0.39, 0.29) is 0 Å². The maximum atomic E-state index is 5.55. The lowest BCUT2D eigenvalue weighted by atomic mass is 10.2. The normalized spacial score (nSPS) is 21.2. The number of nitrogens with zero attached hydrogens (tertiary/aromatic N) is 2. The second-order valence-corrected chi connectivity index (χ2v) is 7.91. The first kappa shape index (κ1) is 17.4. The zero-order chi connectivity index (χ0) is 16.8. The molecule has 0 bridgehead atoms. The van der Waals surface area contributed by atoms with Crippen LogP contribution < -0.4 is 10.6 Å². The van der Waals surface area contributed by atoms with E-state index in [1.54, 1.807) is 17.6 Å². The van der Waals surface area contributed by atoms with E-state index < -0.39 is 0 Å². The summed E-state index contributed by atoms with van der Waals surface area (Å²) in [7, 11) is 0.